The number of fused-ring (bicyclic) bond motifs is 1. The molecule has 0 radical (unpaired) electrons. The van der Waals surface area contributed by atoms with Crippen LogP contribution >= 0.6 is 11.8 Å². The molecule has 3 atom stereocenters. The lowest BCUT2D eigenvalue weighted by Gasteiger charge is -2.24. The normalized spacial score (nSPS) is 25.0. The number of aliphatic imine (C=N–C) groups is 1. The summed E-state index contributed by atoms with van der Waals surface area (Å²) < 4.78 is 43.6. The van der Waals surface area contributed by atoms with E-state index in [1.54, 1.807) is 48.2 Å². The minimum atomic E-state index is -3.19. The molecule has 0 bridgehead atoms. The number of rotatable bonds is 4. The lowest BCUT2D eigenvalue weighted by molar-refractivity contribution is -0.123. The van der Waals surface area contributed by atoms with Gasteiger partial charge in [-0.25, -0.2) is 12.8 Å². The standard InChI is InChI=1S/C20H19FN2O4S2/c1-13(27-16-8-3-2-4-9-16)19(24)22-20-23(15-7-5-6-14(21)10-15)17-11-29(25,26)12-18(17)28-20/h2-10,13,17-18H,11-12H2,1H3/t13-,17+,18-/m1/s1. The second kappa shape index (κ2) is 7.79. The average Bonchev–Trinajstić information content (AvgIpc) is 3.13. The maximum Gasteiger partial charge on any atom is 0.288 e. The predicted molar refractivity (Wildman–Crippen MR) is 112 cm³/mol. The van der Waals surface area contributed by atoms with Gasteiger partial charge in [-0.3, -0.25) is 4.79 Å². The molecule has 2 aromatic carbocycles. The summed E-state index contributed by atoms with van der Waals surface area (Å²) in [7, 11) is -3.19. The van der Waals surface area contributed by atoms with Crippen molar-refractivity contribution in [2.75, 3.05) is 16.4 Å². The summed E-state index contributed by atoms with van der Waals surface area (Å²) in [6.45, 7) is 1.61. The largest absolute Gasteiger partial charge is 0.481 e. The number of anilines is 1. The van der Waals surface area contributed by atoms with Crippen molar-refractivity contribution in [3.8, 4) is 5.75 Å². The molecule has 2 aromatic rings. The minimum Gasteiger partial charge on any atom is -0.481 e. The number of amidine groups is 1. The molecule has 4 rings (SSSR count). The van der Waals surface area contributed by atoms with Gasteiger partial charge in [0, 0.05) is 10.9 Å². The van der Waals surface area contributed by atoms with Crippen LogP contribution in [0.2, 0.25) is 0 Å². The van der Waals surface area contributed by atoms with Crippen LogP contribution in [-0.4, -0.2) is 48.4 Å². The number of ether oxygens (including phenoxy) is 1. The van der Waals surface area contributed by atoms with Crippen LogP contribution in [0.5, 0.6) is 5.75 Å². The number of nitrogens with zero attached hydrogens (tertiary/aromatic N) is 2. The van der Waals surface area contributed by atoms with Crippen LogP contribution in [-0.2, 0) is 14.6 Å². The Hall–Kier alpha value is -2.39. The van der Waals surface area contributed by atoms with Crippen molar-refractivity contribution in [1.29, 1.82) is 0 Å². The third-order valence-corrected chi connectivity index (χ3v) is 7.97. The Labute approximate surface area is 172 Å². The molecule has 0 aromatic heterocycles. The monoisotopic (exact) mass is 434 g/mol. The van der Waals surface area contributed by atoms with Gasteiger partial charge in [0.25, 0.3) is 5.91 Å². The average molecular weight is 435 g/mol. The maximum absolute atomic E-state index is 13.8. The van der Waals surface area contributed by atoms with Gasteiger partial charge in [-0.1, -0.05) is 36.0 Å². The number of halogens is 1. The summed E-state index contributed by atoms with van der Waals surface area (Å²) in [4.78, 5) is 18.5. The van der Waals surface area contributed by atoms with Crippen LogP contribution in [0.4, 0.5) is 10.1 Å². The Kier molecular flexibility index (Phi) is 5.35. The smallest absolute Gasteiger partial charge is 0.288 e. The third kappa shape index (κ3) is 4.30. The molecule has 2 aliphatic rings. The van der Waals surface area contributed by atoms with E-state index in [0.29, 0.717) is 16.6 Å². The molecule has 0 spiro atoms. The Morgan fingerprint density at radius 1 is 1.21 bits per heavy atom. The molecule has 2 saturated heterocycles. The zero-order valence-corrected chi connectivity index (χ0v) is 17.2. The molecular weight excluding hydrogens is 415 g/mol. The van der Waals surface area contributed by atoms with E-state index in [4.69, 9.17) is 4.74 Å². The molecule has 2 aliphatic heterocycles. The lowest BCUT2D eigenvalue weighted by Crippen LogP contribution is -2.38. The summed E-state index contributed by atoms with van der Waals surface area (Å²) in [6.07, 6.45) is -0.816. The number of para-hydroxylation sites is 1. The molecule has 0 unspecified atom stereocenters. The van der Waals surface area contributed by atoms with Crippen LogP contribution in [0, 0.1) is 5.82 Å². The molecule has 6 nitrogen and oxygen atoms in total. The molecule has 152 valence electrons. The van der Waals surface area contributed by atoms with Crippen LogP contribution in [0.25, 0.3) is 0 Å². The fourth-order valence-electron chi connectivity index (χ4n) is 3.43. The third-order valence-electron chi connectivity index (χ3n) is 4.76. The summed E-state index contributed by atoms with van der Waals surface area (Å²) in [6, 6.07) is 14.4. The van der Waals surface area contributed by atoms with E-state index < -0.39 is 27.7 Å². The first-order valence-corrected chi connectivity index (χ1v) is 11.8. The fraction of sp³-hybridized carbons (Fsp3) is 0.300. The van der Waals surface area contributed by atoms with E-state index in [1.165, 1.54) is 23.9 Å². The van der Waals surface area contributed by atoms with Gasteiger partial charge in [-0.05, 0) is 37.3 Å². The number of thioether (sulfide) groups is 1. The van der Waals surface area contributed by atoms with Crippen molar-refractivity contribution in [3.63, 3.8) is 0 Å². The van der Waals surface area contributed by atoms with Crippen molar-refractivity contribution in [2.24, 2.45) is 4.99 Å². The van der Waals surface area contributed by atoms with Crippen LogP contribution in [0.1, 0.15) is 6.92 Å². The SMILES string of the molecule is C[C@@H](Oc1ccccc1)C(=O)N=C1S[C@@H]2CS(=O)(=O)C[C@@H]2N1c1cccc(F)c1. The van der Waals surface area contributed by atoms with E-state index in [2.05, 4.69) is 4.99 Å². The van der Waals surface area contributed by atoms with Gasteiger partial charge in [-0.2, -0.15) is 4.99 Å². The van der Waals surface area contributed by atoms with E-state index in [1.807, 2.05) is 6.07 Å². The Balaban J connectivity index is 1.61. The van der Waals surface area contributed by atoms with Gasteiger partial charge in [0.1, 0.15) is 11.6 Å². The van der Waals surface area contributed by atoms with Crippen LogP contribution in [0.15, 0.2) is 59.6 Å². The predicted octanol–water partition coefficient (Wildman–Crippen LogP) is 2.89. The van der Waals surface area contributed by atoms with Gasteiger partial charge in [0.2, 0.25) is 0 Å². The number of amides is 1. The first-order valence-electron chi connectivity index (χ1n) is 9.08. The van der Waals surface area contributed by atoms with E-state index >= 15 is 0 Å². The first kappa shape index (κ1) is 19.9. The number of hydrogen-bond acceptors (Lipinski definition) is 5. The zero-order chi connectivity index (χ0) is 20.6. The zero-order valence-electron chi connectivity index (χ0n) is 15.6. The van der Waals surface area contributed by atoms with Crippen molar-refractivity contribution in [3.05, 3.63) is 60.4 Å². The molecule has 9 heteroatoms. The first-order chi connectivity index (χ1) is 13.8. The second-order valence-corrected chi connectivity index (χ2v) is 10.3. The van der Waals surface area contributed by atoms with Gasteiger partial charge in [-0.15, -0.1) is 0 Å². The molecule has 0 aliphatic carbocycles. The Bertz CT molecular complexity index is 1060. The highest BCUT2D eigenvalue weighted by Crippen LogP contribution is 2.41. The van der Waals surface area contributed by atoms with Crippen molar-refractivity contribution in [2.45, 2.75) is 24.3 Å². The van der Waals surface area contributed by atoms with Crippen LogP contribution < -0.4 is 9.64 Å². The lowest BCUT2D eigenvalue weighted by atomic mass is 10.2. The number of sulfone groups is 1. The molecule has 1 amide bonds. The summed E-state index contributed by atoms with van der Waals surface area (Å²) in [5, 5.41) is 0.120. The highest BCUT2D eigenvalue weighted by Gasteiger charge is 2.49. The molecule has 0 saturated carbocycles. The molecule has 2 fully saturated rings. The maximum atomic E-state index is 13.8. The summed E-state index contributed by atoms with van der Waals surface area (Å²) in [5.41, 5.74) is 0.477. The van der Waals surface area contributed by atoms with E-state index in [-0.39, 0.29) is 22.8 Å². The highest BCUT2D eigenvalue weighted by atomic mass is 32.2. The van der Waals surface area contributed by atoms with Crippen molar-refractivity contribution >= 4 is 38.4 Å². The van der Waals surface area contributed by atoms with Crippen LogP contribution in [0.3, 0.4) is 0 Å². The van der Waals surface area contributed by atoms with Gasteiger partial charge < -0.3 is 9.64 Å². The molecule has 0 N–H and O–H groups in total. The van der Waals surface area contributed by atoms with E-state index in [0.717, 1.165) is 0 Å². The molecule has 29 heavy (non-hydrogen) atoms. The summed E-state index contributed by atoms with van der Waals surface area (Å²) in [5.74, 6) is -0.413. The fourth-order valence-corrected chi connectivity index (χ4v) is 7.35. The van der Waals surface area contributed by atoms with E-state index in [9.17, 15) is 17.6 Å². The quantitative estimate of drug-likeness (QED) is 0.737. The number of carbonyl (C=O) groups excluding carboxylic acids is 1. The highest BCUT2D eigenvalue weighted by molar-refractivity contribution is 8.16. The summed E-state index contributed by atoms with van der Waals surface area (Å²) >= 11 is 1.24. The molecule has 2 heterocycles. The molecular formula is C20H19FN2O4S2. The Morgan fingerprint density at radius 2 is 1.97 bits per heavy atom. The Morgan fingerprint density at radius 3 is 2.69 bits per heavy atom. The van der Waals surface area contributed by atoms with Crippen molar-refractivity contribution in [1.82, 2.24) is 0 Å². The topological polar surface area (TPSA) is 76.0 Å². The second-order valence-electron chi connectivity index (χ2n) is 6.96. The van der Waals surface area contributed by atoms with Crippen molar-refractivity contribution < 1.29 is 22.3 Å². The van der Waals surface area contributed by atoms with Gasteiger partial charge in [0.15, 0.2) is 21.1 Å². The number of hydrogen-bond donors (Lipinski definition) is 0. The van der Waals surface area contributed by atoms with Gasteiger partial charge >= 0.3 is 0 Å². The minimum absolute atomic E-state index is 0.0113. The number of benzene rings is 2. The number of carbonyl (C=O) groups is 1. The van der Waals surface area contributed by atoms with Gasteiger partial charge in [0.05, 0.1) is 17.5 Å².